The number of rotatable bonds is 55. The molecule has 0 spiro atoms. The van der Waals surface area contributed by atoms with Gasteiger partial charge in [0, 0.05) is 25.9 Å². The van der Waals surface area contributed by atoms with E-state index < -0.39 is 249 Å². The summed E-state index contributed by atoms with van der Waals surface area (Å²) < 4.78 is 0. The molecule has 28 N–H and O–H groups in total. The first-order valence-corrected chi connectivity index (χ1v) is 37.9. The van der Waals surface area contributed by atoms with Gasteiger partial charge in [0.1, 0.15) is 72.5 Å². The highest BCUT2D eigenvalue weighted by Gasteiger charge is 2.40. The van der Waals surface area contributed by atoms with E-state index >= 15 is 0 Å². The average Bonchev–Trinajstić information content (AvgIpc) is 1.64. The Morgan fingerprint density at radius 3 is 1.37 bits per heavy atom. The molecule has 0 saturated carbocycles. The minimum absolute atomic E-state index is 0.0141. The van der Waals surface area contributed by atoms with E-state index in [1.807, 2.05) is 0 Å². The summed E-state index contributed by atoms with van der Waals surface area (Å²) in [5, 5.41) is 90.1. The molecule has 43 heteroatoms. The van der Waals surface area contributed by atoms with Crippen LogP contribution in [0, 0.1) is 23.2 Å². The quantitative estimate of drug-likeness (QED) is 0.0153. The van der Waals surface area contributed by atoms with Gasteiger partial charge < -0.3 is 128 Å². The van der Waals surface area contributed by atoms with Crippen molar-refractivity contribution in [2.45, 2.75) is 230 Å². The molecule has 1 aliphatic rings. The maximum Gasteiger partial charge on any atom is 0.326 e. The number of guanidine groups is 1. The second-order valence-corrected chi connectivity index (χ2v) is 28.6. The molecule has 0 aliphatic carbocycles. The van der Waals surface area contributed by atoms with Crippen LogP contribution in [0.1, 0.15) is 151 Å². The number of aliphatic carboxylic acids is 3. The summed E-state index contributed by atoms with van der Waals surface area (Å²) in [6, 6.07) is -17.1. The smallest absolute Gasteiger partial charge is 0.326 e. The van der Waals surface area contributed by atoms with Crippen LogP contribution < -0.4 is 97.4 Å². The lowest BCUT2D eigenvalue weighted by molar-refractivity contribution is -0.143. The predicted molar refractivity (Wildman–Crippen MR) is 398 cm³/mol. The third-order valence-electron chi connectivity index (χ3n) is 17.2. The van der Waals surface area contributed by atoms with Crippen molar-refractivity contribution in [3.05, 3.63) is 0 Å². The molecule has 0 bridgehead atoms. The first-order valence-electron chi connectivity index (χ1n) is 36.6. The Labute approximate surface area is 642 Å². The molecule has 1 aliphatic heterocycles. The number of hydrogen-bond acceptors (Lipinski definition) is 24. The molecule has 42 nitrogen and oxygen atoms in total. The minimum Gasteiger partial charge on any atom is -0.481 e. The Morgan fingerprint density at radius 2 is 0.900 bits per heavy atom. The van der Waals surface area contributed by atoms with E-state index in [9.17, 15) is 102 Å². The molecule has 1 heterocycles. The number of carbonyl (C=O) groups excluding carboxylic acids is 14. The van der Waals surface area contributed by atoms with Gasteiger partial charge in [0.05, 0.1) is 32.3 Å². The first-order chi connectivity index (χ1) is 51.7. The predicted octanol–water partition coefficient (Wildman–Crippen LogP) is -7.68. The molecular formula is C67H118N20O22S. The van der Waals surface area contributed by atoms with Gasteiger partial charge in [-0.3, -0.25) is 82.1 Å². The van der Waals surface area contributed by atoms with Crippen molar-refractivity contribution in [1.29, 1.82) is 5.41 Å². The number of likely N-dealkylation sites (tertiary alicyclic amines) is 1. The van der Waals surface area contributed by atoms with Gasteiger partial charge in [-0.1, -0.05) is 41.5 Å². The van der Waals surface area contributed by atoms with Crippen molar-refractivity contribution in [3.63, 3.8) is 0 Å². The van der Waals surface area contributed by atoms with Crippen LogP contribution in [0.2, 0.25) is 0 Å². The number of amides is 14. The van der Waals surface area contributed by atoms with Crippen molar-refractivity contribution in [3.8, 4) is 0 Å². The Hall–Kier alpha value is -9.59. The van der Waals surface area contributed by atoms with E-state index in [-0.39, 0.29) is 70.5 Å². The summed E-state index contributed by atoms with van der Waals surface area (Å²) in [4.78, 5) is 228. The molecule has 0 aromatic rings. The van der Waals surface area contributed by atoms with E-state index in [0.717, 1.165) is 6.92 Å². The number of carboxylic acid groups (broad SMARTS) is 3. The molecular weight excluding hydrogens is 1470 g/mol. The standard InChI is InChI=1S/C67H118N20O22S/c1-34(2)29-45(61(103)80-41(16-10-12-25-69)59(101)84-52(35(3)4)63(105)76-32-49(92)87-27-14-18-46(87)62(104)81-40(15-9-11-24-68)58(100)82-44(66(108)109)23-28-110-8)83-57(99)39(17-13-26-73-67(71)72)77-48(91)31-75-64(106)54(37(7)89)86-65(107)53(36(5)6)85-60(102)43(20-22-51(95)96)78-47(90)30-74-56(98)42(19-21-50(93)94)79-55(97)38(70)33-88/h34-46,52-54,88-89H,9-33,68-70H2,1-8H3,(H,74,98)(H,75,106)(H,76,105)(H,77,91)(H,78,90)(H,79,97)(H,80,103)(H,81,104)(H,82,100)(H,83,99)(H,84,101)(H,85,102)(H,86,107)(H,93,94)(H,95,96)(H,108,109)(H4,71,72,73)/t37-,38+,39+,40+,41+,42+,43+,44+,45+,46+,52+,53+,54+/m1/s1. The largest absolute Gasteiger partial charge is 0.481 e. The number of thioether (sulfide) groups is 1. The number of nitrogens with two attached hydrogens (primary N) is 4. The number of carboxylic acids is 3. The van der Waals surface area contributed by atoms with Crippen LogP contribution in [0.25, 0.3) is 0 Å². The number of hydrogen-bond donors (Lipinski definition) is 24. The molecule has 13 atom stereocenters. The fraction of sp³-hybridized carbons (Fsp3) is 0.731. The highest BCUT2D eigenvalue weighted by Crippen LogP contribution is 2.19. The third kappa shape index (κ3) is 38.2. The van der Waals surface area contributed by atoms with Crippen LogP contribution in [0.15, 0.2) is 0 Å². The second kappa shape index (κ2) is 52.5. The van der Waals surface area contributed by atoms with Crippen molar-refractivity contribution in [2.75, 3.05) is 64.4 Å². The first kappa shape index (κ1) is 98.4. The number of nitrogens with zero attached hydrogens (tertiary/aromatic N) is 1. The van der Waals surface area contributed by atoms with Crippen LogP contribution in [0.5, 0.6) is 0 Å². The maximum absolute atomic E-state index is 14.4. The van der Waals surface area contributed by atoms with Gasteiger partial charge in [-0.05, 0) is 140 Å². The van der Waals surface area contributed by atoms with E-state index in [1.165, 1.54) is 30.5 Å². The van der Waals surface area contributed by atoms with E-state index in [0.29, 0.717) is 44.4 Å². The lowest BCUT2D eigenvalue weighted by atomic mass is 10.00. The fourth-order valence-corrected chi connectivity index (χ4v) is 11.5. The lowest BCUT2D eigenvalue weighted by Crippen LogP contribution is -2.61. The van der Waals surface area contributed by atoms with Gasteiger partial charge >= 0.3 is 17.9 Å². The van der Waals surface area contributed by atoms with Gasteiger partial charge in [0.2, 0.25) is 82.7 Å². The summed E-state index contributed by atoms with van der Waals surface area (Å²) in [6.07, 6.45) is 0.0169. The molecule has 1 rings (SSSR count). The normalized spacial score (nSPS) is 15.8. The van der Waals surface area contributed by atoms with Gasteiger partial charge in [-0.25, -0.2) is 4.79 Å². The molecule has 0 aromatic carbocycles. The van der Waals surface area contributed by atoms with Crippen LogP contribution in [0.3, 0.4) is 0 Å². The summed E-state index contributed by atoms with van der Waals surface area (Å²) in [7, 11) is 0. The fourth-order valence-electron chi connectivity index (χ4n) is 11.0. The Morgan fingerprint density at radius 1 is 0.482 bits per heavy atom. The molecule has 0 radical (unpaired) electrons. The molecule has 624 valence electrons. The van der Waals surface area contributed by atoms with Crippen molar-refractivity contribution >= 4 is 118 Å². The second-order valence-electron chi connectivity index (χ2n) is 27.6. The van der Waals surface area contributed by atoms with Crippen LogP contribution in [-0.4, -0.2) is 280 Å². The number of aliphatic hydroxyl groups is 2. The number of carbonyl (C=O) groups is 17. The van der Waals surface area contributed by atoms with E-state index in [4.69, 9.17) is 33.5 Å². The monoisotopic (exact) mass is 1590 g/mol. The van der Waals surface area contributed by atoms with Crippen LogP contribution in [-0.2, 0) is 81.5 Å². The molecule has 1 fully saturated rings. The zero-order valence-electron chi connectivity index (χ0n) is 63.8. The number of nitrogens with one attached hydrogen (secondary N) is 15. The van der Waals surface area contributed by atoms with Crippen molar-refractivity contribution in [2.24, 2.45) is 40.7 Å². The Bertz CT molecular complexity index is 3110. The highest BCUT2D eigenvalue weighted by atomic mass is 32.2. The molecule has 14 amide bonds. The summed E-state index contributed by atoms with van der Waals surface area (Å²) in [5.41, 5.74) is 22.4. The Kier molecular flexibility index (Phi) is 47.0. The maximum atomic E-state index is 14.4. The van der Waals surface area contributed by atoms with Gasteiger partial charge in [-0.15, -0.1) is 0 Å². The van der Waals surface area contributed by atoms with Gasteiger partial charge in [0.25, 0.3) is 0 Å². The van der Waals surface area contributed by atoms with Crippen molar-refractivity contribution in [1.82, 2.24) is 79.3 Å². The molecule has 0 aromatic heterocycles. The molecule has 0 unspecified atom stereocenters. The zero-order chi connectivity index (χ0) is 83.5. The average molecular weight is 1590 g/mol. The van der Waals surface area contributed by atoms with E-state index in [2.05, 4.69) is 74.4 Å². The van der Waals surface area contributed by atoms with Gasteiger partial charge in [0.15, 0.2) is 5.96 Å². The van der Waals surface area contributed by atoms with Gasteiger partial charge in [-0.2, -0.15) is 11.8 Å². The SMILES string of the molecule is CSCC[C@H](NC(=O)[C@H](CCCCN)NC(=O)[C@@H]1CCCN1C(=O)CNC(=O)[C@@H](NC(=O)[C@H](CCCCN)NC(=O)[C@H](CC(C)C)NC(=O)[C@H](CCCNC(=N)N)NC(=O)CNC(=O)[C@@H](NC(=O)[C@@H](NC(=O)[C@H](CCC(=O)O)NC(=O)CNC(=O)[C@H](CCC(=O)O)NC(=O)[C@@H](N)CO)C(C)C)[C@@H](C)O)C(C)C)C(=O)O. The van der Waals surface area contributed by atoms with Crippen LogP contribution in [0.4, 0.5) is 0 Å². The van der Waals surface area contributed by atoms with Crippen molar-refractivity contribution < 1.29 is 107 Å². The summed E-state index contributed by atoms with van der Waals surface area (Å²) in [6.45, 7) is 8.07. The Balaban J connectivity index is 3.37. The zero-order valence-corrected chi connectivity index (χ0v) is 64.6. The van der Waals surface area contributed by atoms with E-state index in [1.54, 1.807) is 34.0 Å². The number of unbranched alkanes of at least 4 members (excludes halogenated alkanes) is 2. The van der Waals surface area contributed by atoms with Crippen LogP contribution >= 0.6 is 11.8 Å². The molecule has 110 heavy (non-hydrogen) atoms. The lowest BCUT2D eigenvalue weighted by Gasteiger charge is -2.29. The minimum atomic E-state index is -1.85. The summed E-state index contributed by atoms with van der Waals surface area (Å²) in [5.74, 6) is -18.8. The topological polar surface area (TPSA) is 691 Å². The highest BCUT2D eigenvalue weighted by molar-refractivity contribution is 7.98. The molecule has 1 saturated heterocycles. The third-order valence-corrected chi connectivity index (χ3v) is 17.8. The summed E-state index contributed by atoms with van der Waals surface area (Å²) >= 11 is 1.39. The number of aliphatic hydroxyl groups excluding tert-OH is 2.